The number of ketones is 1. The quantitative estimate of drug-likeness (QED) is 0.0199. The van der Waals surface area contributed by atoms with Gasteiger partial charge in [-0.1, -0.05) is 90.6 Å². The van der Waals surface area contributed by atoms with Crippen LogP contribution in [-0.4, -0.2) is 209 Å². The smallest absolute Gasteiger partial charge is 0.233 e. The molecule has 2 saturated carbocycles. The maximum atomic E-state index is 11.9. The van der Waals surface area contributed by atoms with Gasteiger partial charge in [-0.15, -0.1) is 0 Å². The van der Waals surface area contributed by atoms with Crippen LogP contribution in [0, 0.1) is 69.2 Å². The molecule has 0 spiro atoms. The number of Topliss-reactive ketones (excluding diaryl/α,β-unsaturated/α-hetero) is 1. The molecule has 0 radical (unpaired) electrons. The van der Waals surface area contributed by atoms with E-state index in [-0.39, 0.29) is 12.5 Å². The summed E-state index contributed by atoms with van der Waals surface area (Å²) in [6.07, 6.45) is 22.5. The van der Waals surface area contributed by atoms with Crippen LogP contribution in [0.2, 0.25) is 20.1 Å². The molecule has 18 rings (SSSR count). The van der Waals surface area contributed by atoms with Crippen molar-refractivity contribution in [3.8, 4) is 0 Å². The molecule has 714 valence electrons. The van der Waals surface area contributed by atoms with Gasteiger partial charge in [0.2, 0.25) is 23.8 Å². The zero-order valence-electron chi connectivity index (χ0n) is 79.9. The summed E-state index contributed by atoms with van der Waals surface area (Å²) in [7, 11) is 1.68. The lowest BCUT2D eigenvalue weighted by atomic mass is 9.84. The number of nitrogens with one attached hydrogen (secondary N) is 11. The number of anilines is 12. The van der Waals surface area contributed by atoms with Gasteiger partial charge in [0, 0.05) is 115 Å². The molecule has 1 unspecified atom stereocenters. The number of rotatable bonds is 30. The summed E-state index contributed by atoms with van der Waals surface area (Å²) in [6, 6.07) is 26.0. The van der Waals surface area contributed by atoms with E-state index in [0.29, 0.717) is 146 Å². The number of aromatic nitrogens is 16. The topological polar surface area (TPSA) is 369 Å². The Morgan fingerprint density at radius 3 is 1.33 bits per heavy atom. The van der Waals surface area contributed by atoms with Gasteiger partial charge in [-0.2, -0.15) is 35.3 Å². The number of hydrogen-bond acceptors (Lipinski definition) is 25. The third-order valence-corrected chi connectivity index (χ3v) is 28.0. The molecule has 34 heteroatoms. The van der Waals surface area contributed by atoms with Crippen molar-refractivity contribution in [3.63, 3.8) is 0 Å². The average Bonchev–Trinajstić information content (AvgIpc) is 1.82. The van der Waals surface area contributed by atoms with Crippen LogP contribution in [-0.2, 0) is 22.4 Å². The zero-order valence-corrected chi connectivity index (χ0v) is 83.0. The van der Waals surface area contributed by atoms with Crippen molar-refractivity contribution in [2.24, 2.45) is 0 Å². The molecule has 0 bridgehead atoms. The van der Waals surface area contributed by atoms with Crippen molar-refractivity contribution in [3.05, 3.63) is 230 Å². The Balaban J connectivity index is 0.000000137. The monoisotopic (exact) mass is 1910 g/mol. The SMILES string of the molecule is CCC(=O)CN1CCCC(c2cc(C)c(Nc3ncc(Cl)c(Nc4cc(C)[nH]n4)n3)cc2C)C1.CCN1CCC(c2cc(C)c(Nc3ncc(Cl)c(Nc4cc(C5CC5)[nH]n4)n3)cc2C)CC1.CNC(=O)CN1CCC(c2cc(C)c(Nc3ncc(Cl)c(Nc4cc(C)[nH]n4)n3)cc2C)CC1.Cc1cc(C2CCN(CCO)CC2)c(C)cc1Cc1ncc(Cl)c(Cc2cc(C3CC3)n[nH]2)n1. The lowest BCUT2D eigenvalue weighted by molar-refractivity contribution is -0.122. The van der Waals surface area contributed by atoms with Crippen LogP contribution in [0.3, 0.4) is 0 Å². The molecule has 1 atom stereocenters. The van der Waals surface area contributed by atoms with E-state index in [4.69, 9.17) is 51.4 Å². The Bertz CT molecular complexity index is 6080. The minimum absolute atomic E-state index is 0.0724. The first-order chi connectivity index (χ1) is 65.1. The Morgan fingerprint density at radius 1 is 0.415 bits per heavy atom. The molecule has 8 aromatic heterocycles. The number of amides is 1. The molecule has 1 amide bonds. The Labute approximate surface area is 811 Å². The fourth-order valence-electron chi connectivity index (χ4n) is 18.7. The molecule has 6 fully saturated rings. The van der Waals surface area contributed by atoms with Crippen molar-refractivity contribution in [1.29, 1.82) is 0 Å². The maximum Gasteiger partial charge on any atom is 0.233 e. The normalized spacial score (nSPS) is 16.5. The summed E-state index contributed by atoms with van der Waals surface area (Å²) >= 11 is 25.4. The summed E-state index contributed by atoms with van der Waals surface area (Å²) in [4.78, 5) is 69.1. The van der Waals surface area contributed by atoms with Gasteiger partial charge in [0.15, 0.2) is 34.9 Å². The van der Waals surface area contributed by atoms with Gasteiger partial charge in [-0.05, 0) is 319 Å². The zero-order chi connectivity index (χ0) is 95.1. The van der Waals surface area contributed by atoms with E-state index in [1.807, 2.05) is 39.0 Å². The minimum Gasteiger partial charge on any atom is -0.395 e. The average molecular weight is 1910 g/mol. The summed E-state index contributed by atoms with van der Waals surface area (Å²) in [6.45, 7) is 36.8. The van der Waals surface area contributed by atoms with E-state index in [1.165, 1.54) is 113 Å². The molecule has 2 aliphatic carbocycles. The number of likely N-dealkylation sites (N-methyl/N-ethyl adjacent to an activating group) is 1. The predicted octanol–water partition coefficient (Wildman–Crippen LogP) is 20.3. The highest BCUT2D eigenvalue weighted by Crippen LogP contribution is 2.44. The van der Waals surface area contributed by atoms with E-state index in [1.54, 1.807) is 31.8 Å². The number of likely N-dealkylation sites (tertiary alicyclic amines) is 4. The molecule has 30 nitrogen and oxygen atoms in total. The fourth-order valence-corrected chi connectivity index (χ4v) is 19.3. The van der Waals surface area contributed by atoms with Gasteiger partial charge in [0.1, 0.15) is 26.7 Å². The van der Waals surface area contributed by atoms with Crippen LogP contribution >= 0.6 is 46.4 Å². The number of H-pyrrole nitrogens is 4. The van der Waals surface area contributed by atoms with Gasteiger partial charge in [0.25, 0.3) is 0 Å². The van der Waals surface area contributed by atoms with Crippen molar-refractivity contribution in [2.75, 3.05) is 124 Å². The number of aliphatic hydroxyl groups excluding tert-OH is 1. The molecule has 12 N–H and O–H groups in total. The largest absolute Gasteiger partial charge is 0.395 e. The number of halogens is 4. The number of nitrogens with zero attached hydrogens (tertiary/aromatic N) is 16. The summed E-state index contributed by atoms with van der Waals surface area (Å²) in [5, 5.41) is 62.5. The number of carbonyl (C=O) groups excluding carboxylic acids is 2. The molecule has 12 aromatic rings. The number of benzene rings is 4. The predicted molar refractivity (Wildman–Crippen MR) is 541 cm³/mol. The van der Waals surface area contributed by atoms with Crippen molar-refractivity contribution < 1.29 is 14.7 Å². The molecule has 6 aliphatic rings. The van der Waals surface area contributed by atoms with E-state index >= 15 is 0 Å². The van der Waals surface area contributed by atoms with E-state index < -0.39 is 0 Å². The second-order valence-corrected chi connectivity index (χ2v) is 38.9. The summed E-state index contributed by atoms with van der Waals surface area (Å²) in [5.74, 6) is 9.51. The number of hydrogen-bond donors (Lipinski definition) is 12. The van der Waals surface area contributed by atoms with Gasteiger partial charge in [0.05, 0.1) is 54.7 Å². The van der Waals surface area contributed by atoms with Crippen LogP contribution in [0.5, 0.6) is 0 Å². The molecular formula is C101H129Cl4N27O3. The van der Waals surface area contributed by atoms with Crippen LogP contribution < -0.4 is 37.2 Å². The standard InChI is InChI=1S/C27H34ClN5O.C25H32ClN7O.C25H32ClN7.C24H31ClN8O/c1-17-12-23(19-5-7-33(8-6-19)9-10-34)18(2)11-21(17)13-27-29-16-24(28)26(30-27)15-22-14-25(32-31-22)20-3-4-20;1-5-19(34)14-33-8-6-7-18(13-33)20-9-16(3)22(10-15(20)2)28-25-27-12-21(26)24(30-25)29-23-11-17(4)31-32-23;1-4-33-9-7-17(8-10-33)19-11-16(3)21(12-15(19)2)28-25-27-14-20(26)24(30-25)29-23-13-22(31-32-23)18-5-6-18;1-14-10-20(15(2)9-18(14)17-5-7-33(8-6-17)13-22(34)26-4)28-24-27-12-19(25)23(30-24)29-21-11-16(3)31-32-21/h11-12,14,16,19-20,34H,3-10,13,15H2,1-2H3,(H,31,32);9-12,18H,5-8,13-14H2,1-4H3,(H3,27,28,29,30,31,32);11-14,17-18H,4-10H2,1-3H3,(H3,27,28,29,30,31,32);9-12,17H,5-8,13H2,1-4H3,(H,26,34)(H3,27,28,29,30,31,32). The van der Waals surface area contributed by atoms with Crippen molar-refractivity contribution >= 4 is 128 Å². The Hall–Kier alpha value is -11.1. The van der Waals surface area contributed by atoms with E-state index in [9.17, 15) is 14.7 Å². The molecule has 4 aromatic carbocycles. The fraction of sp³-hybridized carbons (Fsp3) is 0.465. The molecule has 4 aliphatic heterocycles. The van der Waals surface area contributed by atoms with Gasteiger partial charge in [-0.3, -0.25) is 39.8 Å². The number of β-amino-alcohol motifs (C(OH)–C–C–N with tert-alkyl or cyclic N) is 1. The number of piperidine rings is 4. The van der Waals surface area contributed by atoms with Gasteiger partial charge in [-0.25, -0.2) is 24.9 Å². The Kier molecular flexibility index (Phi) is 33.3. The molecule has 4 saturated heterocycles. The summed E-state index contributed by atoms with van der Waals surface area (Å²) in [5.41, 5.74) is 25.8. The van der Waals surface area contributed by atoms with Gasteiger partial charge < -0.3 is 52.1 Å². The number of carbonyl (C=O) groups is 2. The van der Waals surface area contributed by atoms with Crippen LogP contribution in [0.4, 0.5) is 69.8 Å². The number of aryl methyl sites for hydroxylation is 10. The molecular weight excluding hydrogens is 1780 g/mol. The lowest BCUT2D eigenvalue weighted by Crippen LogP contribution is -2.40. The number of aromatic amines is 4. The van der Waals surface area contributed by atoms with Crippen LogP contribution in [0.1, 0.15) is 245 Å². The van der Waals surface area contributed by atoms with Gasteiger partial charge >= 0.3 is 0 Å². The molecule has 12 heterocycles. The second-order valence-electron chi connectivity index (χ2n) is 37.2. The van der Waals surface area contributed by atoms with Crippen LogP contribution in [0.25, 0.3) is 0 Å². The van der Waals surface area contributed by atoms with E-state index in [2.05, 4.69) is 249 Å². The Morgan fingerprint density at radius 2 is 0.867 bits per heavy atom. The minimum atomic E-state index is 0.0724. The highest BCUT2D eigenvalue weighted by Gasteiger charge is 2.32. The second kappa shape index (κ2) is 45.7. The third kappa shape index (κ3) is 26.6. The summed E-state index contributed by atoms with van der Waals surface area (Å²) < 4.78 is 0. The van der Waals surface area contributed by atoms with E-state index in [0.717, 1.165) is 159 Å². The highest BCUT2D eigenvalue weighted by molar-refractivity contribution is 6.33. The number of aliphatic hydroxyl groups is 1. The highest BCUT2D eigenvalue weighted by atomic mass is 35.5. The third-order valence-electron chi connectivity index (χ3n) is 26.9. The maximum absolute atomic E-state index is 11.9. The first-order valence-electron chi connectivity index (χ1n) is 47.6. The lowest BCUT2D eigenvalue weighted by Gasteiger charge is -2.33. The first-order valence-corrected chi connectivity index (χ1v) is 49.1. The van der Waals surface area contributed by atoms with Crippen LogP contribution in [0.15, 0.2) is 97.6 Å². The van der Waals surface area contributed by atoms with Crippen molar-refractivity contribution in [2.45, 2.75) is 215 Å². The molecule has 135 heavy (non-hydrogen) atoms. The van der Waals surface area contributed by atoms with Crippen molar-refractivity contribution in [1.82, 2.24) is 106 Å². The first kappa shape index (κ1) is 98.5.